The highest BCUT2D eigenvalue weighted by molar-refractivity contribution is 5.70. The summed E-state index contributed by atoms with van der Waals surface area (Å²) >= 11 is 0. The molecule has 0 amide bonds. The quantitative estimate of drug-likeness (QED) is 0.873. The van der Waals surface area contributed by atoms with Gasteiger partial charge in [0, 0.05) is 18.5 Å². The van der Waals surface area contributed by atoms with E-state index in [1.165, 1.54) is 17.5 Å². The Labute approximate surface area is 114 Å². The molecule has 1 fully saturated rings. The number of hydrogen-bond donors (Lipinski definition) is 2. The summed E-state index contributed by atoms with van der Waals surface area (Å²) in [6.07, 6.45) is 4.85. The Morgan fingerprint density at radius 1 is 1.21 bits per heavy atom. The largest absolute Gasteiger partial charge is 0.481 e. The summed E-state index contributed by atoms with van der Waals surface area (Å²) in [6.45, 7) is 1.04. The second-order valence-corrected chi connectivity index (χ2v) is 5.89. The Bertz CT molecular complexity index is 464. The van der Waals surface area contributed by atoms with E-state index in [4.69, 9.17) is 5.11 Å². The minimum atomic E-state index is -0.619. The van der Waals surface area contributed by atoms with Crippen LogP contribution in [-0.2, 0) is 11.2 Å². The number of aliphatic carboxylic acids is 1. The van der Waals surface area contributed by atoms with Crippen LogP contribution in [0.3, 0.4) is 0 Å². The zero-order valence-electron chi connectivity index (χ0n) is 11.1. The summed E-state index contributed by atoms with van der Waals surface area (Å²) in [6, 6.07) is 9.18. The summed E-state index contributed by atoms with van der Waals surface area (Å²) < 4.78 is 0. The molecule has 0 aromatic heterocycles. The molecule has 3 nitrogen and oxygen atoms in total. The van der Waals surface area contributed by atoms with Crippen LogP contribution < -0.4 is 5.32 Å². The van der Waals surface area contributed by atoms with Crippen molar-refractivity contribution in [2.45, 2.75) is 44.1 Å². The van der Waals surface area contributed by atoms with Gasteiger partial charge in [-0.05, 0) is 43.2 Å². The number of nitrogens with one attached hydrogen (secondary N) is 1. The van der Waals surface area contributed by atoms with E-state index in [2.05, 4.69) is 29.6 Å². The van der Waals surface area contributed by atoms with Gasteiger partial charge < -0.3 is 10.4 Å². The molecule has 3 rings (SSSR count). The number of benzene rings is 1. The predicted molar refractivity (Wildman–Crippen MR) is 74.3 cm³/mol. The van der Waals surface area contributed by atoms with Gasteiger partial charge in [-0.25, -0.2) is 0 Å². The second-order valence-electron chi connectivity index (χ2n) is 5.89. The van der Waals surface area contributed by atoms with Crippen molar-refractivity contribution in [2.75, 3.05) is 6.54 Å². The van der Waals surface area contributed by atoms with Crippen molar-refractivity contribution in [1.82, 2.24) is 5.32 Å². The van der Waals surface area contributed by atoms with Gasteiger partial charge >= 0.3 is 5.97 Å². The molecule has 3 heteroatoms. The molecule has 0 aliphatic heterocycles. The van der Waals surface area contributed by atoms with Gasteiger partial charge in [-0.3, -0.25) is 4.79 Å². The molecular formula is C16H21NO2. The molecule has 0 bridgehead atoms. The van der Waals surface area contributed by atoms with E-state index in [1.807, 2.05) is 0 Å². The molecule has 2 N–H and O–H groups in total. The van der Waals surface area contributed by atoms with Gasteiger partial charge in [0.2, 0.25) is 0 Å². The molecule has 1 aromatic rings. The number of carbonyl (C=O) groups is 1. The third-order valence-corrected chi connectivity index (χ3v) is 4.69. The van der Waals surface area contributed by atoms with Crippen molar-refractivity contribution in [3.8, 4) is 0 Å². The Morgan fingerprint density at radius 2 is 1.95 bits per heavy atom. The summed E-state index contributed by atoms with van der Waals surface area (Å²) in [7, 11) is 0. The lowest BCUT2D eigenvalue weighted by atomic mass is 9.77. The highest BCUT2D eigenvalue weighted by Gasteiger charge is 2.28. The van der Waals surface area contributed by atoms with Gasteiger partial charge in [0.25, 0.3) is 0 Å². The maximum atomic E-state index is 10.9. The van der Waals surface area contributed by atoms with Gasteiger partial charge in [0.15, 0.2) is 0 Å². The van der Waals surface area contributed by atoms with Gasteiger partial charge in [-0.2, -0.15) is 0 Å². The number of rotatable bonds is 4. The molecule has 19 heavy (non-hydrogen) atoms. The summed E-state index contributed by atoms with van der Waals surface area (Å²) in [5.74, 6) is -0.0674. The fourth-order valence-corrected chi connectivity index (χ4v) is 3.40. The van der Waals surface area contributed by atoms with Gasteiger partial charge in [-0.15, -0.1) is 0 Å². The van der Waals surface area contributed by atoms with Gasteiger partial charge in [-0.1, -0.05) is 24.3 Å². The van der Waals surface area contributed by atoms with Crippen LogP contribution in [0.2, 0.25) is 0 Å². The molecule has 1 atom stereocenters. The third kappa shape index (κ3) is 2.66. The number of carboxylic acids is 1. The van der Waals surface area contributed by atoms with Crippen LogP contribution in [0.15, 0.2) is 24.3 Å². The van der Waals surface area contributed by atoms with E-state index in [1.54, 1.807) is 0 Å². The highest BCUT2D eigenvalue weighted by atomic mass is 16.4. The van der Waals surface area contributed by atoms with E-state index >= 15 is 0 Å². The van der Waals surface area contributed by atoms with Crippen LogP contribution in [0.5, 0.6) is 0 Å². The SMILES string of the molecule is O=C(O)C1CCC(NCC2Cc3ccccc32)CC1. The summed E-state index contributed by atoms with van der Waals surface area (Å²) in [5, 5.41) is 12.6. The van der Waals surface area contributed by atoms with E-state index in [9.17, 15) is 4.79 Å². The normalized spacial score (nSPS) is 29.4. The van der Waals surface area contributed by atoms with E-state index in [0.717, 1.165) is 32.2 Å². The van der Waals surface area contributed by atoms with Gasteiger partial charge in [0.1, 0.15) is 0 Å². The molecule has 0 radical (unpaired) electrons. The van der Waals surface area contributed by atoms with E-state index in [0.29, 0.717) is 12.0 Å². The first kappa shape index (κ1) is 12.7. The first-order valence-corrected chi connectivity index (χ1v) is 7.28. The lowest BCUT2D eigenvalue weighted by Crippen LogP contribution is -2.39. The molecule has 102 valence electrons. The van der Waals surface area contributed by atoms with E-state index < -0.39 is 5.97 Å². The average molecular weight is 259 g/mol. The van der Waals surface area contributed by atoms with Crippen LogP contribution in [-0.4, -0.2) is 23.7 Å². The van der Waals surface area contributed by atoms with Crippen molar-refractivity contribution in [1.29, 1.82) is 0 Å². The Kier molecular flexibility index (Phi) is 3.56. The third-order valence-electron chi connectivity index (χ3n) is 4.69. The van der Waals surface area contributed by atoms with Crippen molar-refractivity contribution < 1.29 is 9.90 Å². The summed E-state index contributed by atoms with van der Waals surface area (Å²) in [5.41, 5.74) is 2.98. The first-order chi connectivity index (χ1) is 9.24. The maximum absolute atomic E-state index is 10.9. The van der Waals surface area contributed by atoms with Crippen molar-refractivity contribution in [3.63, 3.8) is 0 Å². The number of fused-ring (bicyclic) bond motifs is 1. The molecular weight excluding hydrogens is 238 g/mol. The molecule has 2 aliphatic carbocycles. The monoisotopic (exact) mass is 259 g/mol. The van der Waals surface area contributed by atoms with Crippen LogP contribution in [0.4, 0.5) is 0 Å². The highest BCUT2D eigenvalue weighted by Crippen LogP contribution is 2.34. The molecule has 0 heterocycles. The van der Waals surface area contributed by atoms with Crippen molar-refractivity contribution in [2.24, 2.45) is 5.92 Å². The van der Waals surface area contributed by atoms with Crippen LogP contribution in [0.1, 0.15) is 42.7 Å². The molecule has 1 saturated carbocycles. The van der Waals surface area contributed by atoms with Gasteiger partial charge in [0.05, 0.1) is 5.92 Å². The number of hydrogen-bond acceptors (Lipinski definition) is 2. The standard InChI is InChI=1S/C16H21NO2/c18-16(19)11-5-7-14(8-6-11)17-10-13-9-12-3-1-2-4-15(12)13/h1-4,11,13-14,17H,5-10H2,(H,18,19). The Balaban J connectivity index is 1.44. The van der Waals surface area contributed by atoms with Crippen LogP contribution in [0.25, 0.3) is 0 Å². The van der Waals surface area contributed by atoms with Crippen molar-refractivity contribution >= 4 is 5.97 Å². The lowest BCUT2D eigenvalue weighted by Gasteiger charge is -2.33. The summed E-state index contributed by atoms with van der Waals surface area (Å²) in [4.78, 5) is 10.9. The molecule has 1 aromatic carbocycles. The fraction of sp³-hybridized carbons (Fsp3) is 0.562. The number of carboxylic acid groups (broad SMARTS) is 1. The second kappa shape index (κ2) is 5.33. The fourth-order valence-electron chi connectivity index (χ4n) is 3.40. The predicted octanol–water partition coefficient (Wildman–Crippen LogP) is 2.56. The van der Waals surface area contributed by atoms with Crippen LogP contribution in [0, 0.1) is 5.92 Å². The van der Waals surface area contributed by atoms with Crippen LogP contribution >= 0.6 is 0 Å². The van der Waals surface area contributed by atoms with E-state index in [-0.39, 0.29) is 5.92 Å². The molecule has 1 unspecified atom stereocenters. The first-order valence-electron chi connectivity index (χ1n) is 7.28. The van der Waals surface area contributed by atoms with Crippen molar-refractivity contribution in [3.05, 3.63) is 35.4 Å². The Hall–Kier alpha value is -1.35. The zero-order chi connectivity index (χ0) is 13.2. The topological polar surface area (TPSA) is 49.3 Å². The average Bonchev–Trinajstić information content (AvgIpc) is 2.40. The molecule has 0 spiro atoms. The Morgan fingerprint density at radius 3 is 2.63 bits per heavy atom. The smallest absolute Gasteiger partial charge is 0.306 e. The maximum Gasteiger partial charge on any atom is 0.306 e. The zero-order valence-corrected chi connectivity index (χ0v) is 11.1. The minimum Gasteiger partial charge on any atom is -0.481 e. The molecule has 0 saturated heterocycles. The lowest BCUT2D eigenvalue weighted by molar-refractivity contribution is -0.142. The minimum absolute atomic E-state index is 0.109. The molecule has 2 aliphatic rings.